The first kappa shape index (κ1) is 18.3. The Bertz CT molecular complexity index is 823. The standard InChI is InChI=1S/C16H12FIN3O2P/c17-13-6-5-11(12(9-20)15(13)21-24-18)16(22)23-14-4-2-1-3-10(14)7-8-19/h1-6,9,20-21,24H,7H2. The van der Waals surface area contributed by atoms with Crippen LogP contribution in [0.25, 0.3) is 0 Å². The van der Waals surface area contributed by atoms with Crippen LogP contribution in [0.5, 0.6) is 5.75 Å². The lowest BCUT2D eigenvalue weighted by atomic mass is 10.1. The SMILES string of the molecule is N#CCc1ccccc1OC(=O)c1ccc(F)c(NPI)c1C=N. The van der Waals surface area contributed by atoms with Crippen molar-refractivity contribution >= 4 is 46.3 Å². The average molecular weight is 455 g/mol. The number of carbonyl (C=O) groups excluding carboxylic acids is 1. The molecular formula is C16H12FIN3O2P. The average Bonchev–Trinajstić information content (AvgIpc) is 2.58. The minimum absolute atomic E-state index is 0.0790. The van der Waals surface area contributed by atoms with Crippen molar-refractivity contribution in [3.05, 3.63) is 58.9 Å². The number of para-hydroxylation sites is 1. The quantitative estimate of drug-likeness (QED) is 0.222. The first-order valence-electron chi connectivity index (χ1n) is 6.74. The number of halogens is 2. The Kier molecular flexibility index (Phi) is 6.64. The number of hydrogen-bond acceptors (Lipinski definition) is 5. The largest absolute Gasteiger partial charge is 0.423 e. The van der Waals surface area contributed by atoms with Gasteiger partial charge in [0.05, 0.1) is 23.7 Å². The van der Waals surface area contributed by atoms with Crippen LogP contribution >= 0.6 is 28.4 Å². The molecule has 0 aliphatic carbocycles. The van der Waals surface area contributed by atoms with Crippen molar-refractivity contribution in [3.63, 3.8) is 0 Å². The van der Waals surface area contributed by atoms with Crippen LogP contribution < -0.4 is 9.82 Å². The van der Waals surface area contributed by atoms with E-state index in [2.05, 4.69) is 5.09 Å². The summed E-state index contributed by atoms with van der Waals surface area (Å²) in [6.07, 6.45) is 1.20. The van der Waals surface area contributed by atoms with Crippen molar-refractivity contribution in [2.45, 2.75) is 6.42 Å². The summed E-state index contributed by atoms with van der Waals surface area (Å²) in [7, 11) is 0. The molecule has 2 aromatic rings. The van der Waals surface area contributed by atoms with Crippen LogP contribution in [0, 0.1) is 22.6 Å². The van der Waals surface area contributed by atoms with E-state index in [-0.39, 0.29) is 35.4 Å². The third kappa shape index (κ3) is 4.08. The predicted octanol–water partition coefficient (Wildman–Crippen LogP) is 4.46. The third-order valence-electron chi connectivity index (χ3n) is 3.18. The molecule has 2 N–H and O–H groups in total. The van der Waals surface area contributed by atoms with Crippen molar-refractivity contribution in [2.24, 2.45) is 0 Å². The van der Waals surface area contributed by atoms with E-state index < -0.39 is 11.8 Å². The molecular weight excluding hydrogens is 443 g/mol. The summed E-state index contributed by atoms with van der Waals surface area (Å²) in [5.41, 5.74) is 0.883. The van der Waals surface area contributed by atoms with Gasteiger partial charge in [0, 0.05) is 23.7 Å². The van der Waals surface area contributed by atoms with Gasteiger partial charge in [0.1, 0.15) is 11.6 Å². The molecule has 1 unspecified atom stereocenters. The lowest BCUT2D eigenvalue weighted by Gasteiger charge is -2.13. The Morgan fingerprint density at radius 2 is 2.17 bits per heavy atom. The van der Waals surface area contributed by atoms with Crippen LogP contribution in [0.3, 0.4) is 0 Å². The van der Waals surface area contributed by atoms with Gasteiger partial charge in [0.2, 0.25) is 0 Å². The molecule has 0 radical (unpaired) electrons. The minimum Gasteiger partial charge on any atom is -0.423 e. The Morgan fingerprint density at radius 1 is 1.42 bits per heavy atom. The monoisotopic (exact) mass is 455 g/mol. The predicted molar refractivity (Wildman–Crippen MR) is 101 cm³/mol. The number of nitrogens with one attached hydrogen (secondary N) is 2. The van der Waals surface area contributed by atoms with E-state index in [0.717, 1.165) is 12.3 Å². The van der Waals surface area contributed by atoms with Gasteiger partial charge in [0.15, 0.2) is 0 Å². The zero-order valence-corrected chi connectivity index (χ0v) is 15.4. The van der Waals surface area contributed by atoms with Crippen molar-refractivity contribution in [3.8, 4) is 11.8 Å². The lowest BCUT2D eigenvalue weighted by Crippen LogP contribution is -2.14. The highest BCUT2D eigenvalue weighted by Gasteiger charge is 2.19. The maximum absolute atomic E-state index is 13.9. The summed E-state index contributed by atoms with van der Waals surface area (Å²) in [6, 6.07) is 11.2. The summed E-state index contributed by atoms with van der Waals surface area (Å²) < 4.78 is 19.3. The summed E-state index contributed by atoms with van der Waals surface area (Å²) in [4.78, 5) is 12.5. The fourth-order valence-corrected chi connectivity index (χ4v) is 3.24. The molecule has 0 aliphatic heterocycles. The highest BCUT2D eigenvalue weighted by atomic mass is 127. The smallest absolute Gasteiger partial charge is 0.344 e. The molecule has 0 aliphatic rings. The highest BCUT2D eigenvalue weighted by Crippen LogP contribution is 2.31. The maximum atomic E-state index is 13.9. The van der Waals surface area contributed by atoms with E-state index in [1.165, 1.54) is 6.07 Å². The van der Waals surface area contributed by atoms with Crippen molar-refractivity contribution < 1.29 is 13.9 Å². The second-order valence-corrected chi connectivity index (χ2v) is 6.64. The number of nitriles is 1. The van der Waals surface area contributed by atoms with Crippen LogP contribution in [-0.2, 0) is 6.42 Å². The molecule has 2 rings (SSSR count). The maximum Gasteiger partial charge on any atom is 0.344 e. The topological polar surface area (TPSA) is 86.0 Å². The summed E-state index contributed by atoms with van der Waals surface area (Å²) in [6.45, 7) is 0. The van der Waals surface area contributed by atoms with E-state index in [1.807, 2.05) is 28.1 Å². The van der Waals surface area contributed by atoms with E-state index in [9.17, 15) is 9.18 Å². The van der Waals surface area contributed by atoms with Gasteiger partial charge in [0.25, 0.3) is 0 Å². The minimum atomic E-state index is -0.710. The molecule has 8 heteroatoms. The third-order valence-corrected chi connectivity index (χ3v) is 4.33. The summed E-state index contributed by atoms with van der Waals surface area (Å²) >= 11 is 2.03. The van der Waals surface area contributed by atoms with Crippen LogP contribution in [-0.4, -0.2) is 12.2 Å². The number of esters is 1. The fourth-order valence-electron chi connectivity index (χ4n) is 2.08. The normalized spacial score (nSPS) is 10.4. The van der Waals surface area contributed by atoms with Crippen LogP contribution in [0.4, 0.5) is 10.1 Å². The molecule has 0 aromatic heterocycles. The van der Waals surface area contributed by atoms with Crippen LogP contribution in [0.1, 0.15) is 21.5 Å². The Labute approximate surface area is 153 Å². The van der Waals surface area contributed by atoms with Crippen molar-refractivity contribution in [1.82, 2.24) is 0 Å². The Morgan fingerprint density at radius 3 is 2.83 bits per heavy atom. The Hall–Kier alpha value is -2.04. The van der Waals surface area contributed by atoms with Crippen molar-refractivity contribution in [2.75, 3.05) is 5.09 Å². The number of hydrogen-bond donors (Lipinski definition) is 2. The molecule has 0 fully saturated rings. The molecule has 2 aromatic carbocycles. The molecule has 0 bridgehead atoms. The molecule has 122 valence electrons. The number of nitrogens with zero attached hydrogens (tertiary/aromatic N) is 1. The van der Waals surface area contributed by atoms with Gasteiger partial charge >= 0.3 is 5.97 Å². The zero-order valence-electron chi connectivity index (χ0n) is 12.3. The van der Waals surface area contributed by atoms with Gasteiger partial charge in [-0.1, -0.05) is 18.2 Å². The van der Waals surface area contributed by atoms with E-state index in [1.54, 1.807) is 24.3 Å². The first-order chi connectivity index (χ1) is 11.6. The van der Waals surface area contributed by atoms with E-state index in [4.69, 9.17) is 15.4 Å². The highest BCUT2D eigenvalue weighted by molar-refractivity contribution is 14.2. The van der Waals surface area contributed by atoms with Crippen molar-refractivity contribution in [1.29, 1.82) is 10.7 Å². The summed E-state index contributed by atoms with van der Waals surface area (Å²) in [5.74, 6) is -0.979. The number of benzene rings is 2. The number of rotatable bonds is 6. The zero-order chi connectivity index (χ0) is 17.5. The number of ether oxygens (including phenoxy) is 1. The van der Waals surface area contributed by atoms with Crippen LogP contribution in [0.15, 0.2) is 36.4 Å². The van der Waals surface area contributed by atoms with Gasteiger partial charge in [-0.3, -0.25) is 0 Å². The first-order valence-corrected chi connectivity index (χ1v) is 10.9. The van der Waals surface area contributed by atoms with Gasteiger partial charge in [-0.05, 0) is 40.2 Å². The van der Waals surface area contributed by atoms with Gasteiger partial charge < -0.3 is 15.2 Å². The number of anilines is 1. The molecule has 5 nitrogen and oxygen atoms in total. The second kappa shape index (κ2) is 8.71. The second-order valence-electron chi connectivity index (χ2n) is 4.58. The summed E-state index contributed by atoms with van der Waals surface area (Å²) in [5, 5.41) is 19.2. The molecule has 1 atom stereocenters. The van der Waals surface area contributed by atoms with E-state index in [0.29, 0.717) is 5.56 Å². The fraction of sp³-hybridized carbons (Fsp3) is 0.0625. The Balaban J connectivity index is 2.39. The molecule has 0 heterocycles. The van der Waals surface area contributed by atoms with E-state index >= 15 is 0 Å². The molecule has 0 saturated heterocycles. The molecule has 0 saturated carbocycles. The molecule has 24 heavy (non-hydrogen) atoms. The van der Waals surface area contributed by atoms with Gasteiger partial charge in [-0.2, -0.15) is 5.26 Å². The number of carbonyl (C=O) groups is 1. The van der Waals surface area contributed by atoms with Gasteiger partial charge in [-0.25, -0.2) is 9.18 Å². The van der Waals surface area contributed by atoms with Crippen LogP contribution in [0.2, 0.25) is 0 Å². The molecule has 0 amide bonds. The molecule has 0 spiro atoms. The lowest BCUT2D eigenvalue weighted by molar-refractivity contribution is 0.0733. The van der Waals surface area contributed by atoms with Gasteiger partial charge in [-0.15, -0.1) is 0 Å².